The van der Waals surface area contributed by atoms with Gasteiger partial charge in [0.05, 0.1) is 10.7 Å². The largest absolute Gasteiger partial charge is 0.483 e. The Morgan fingerprint density at radius 2 is 2.10 bits per heavy atom. The molecule has 0 aliphatic rings. The summed E-state index contributed by atoms with van der Waals surface area (Å²) >= 11 is 3.52. The number of carbonyl (C=O) groups excluding carboxylic acids is 1. The third-order valence-electron chi connectivity index (χ3n) is 2.96. The van der Waals surface area contributed by atoms with Crippen molar-refractivity contribution >= 4 is 38.4 Å². The second-order valence-corrected chi connectivity index (χ2v) is 5.20. The maximum atomic E-state index is 11.8. The number of amides is 1. The van der Waals surface area contributed by atoms with Gasteiger partial charge < -0.3 is 10.1 Å². The van der Waals surface area contributed by atoms with Crippen LogP contribution in [0.15, 0.2) is 53.1 Å². The lowest BCUT2D eigenvalue weighted by atomic mass is 10.1. The number of ether oxygens (including phenoxy) is 1. The summed E-state index contributed by atoms with van der Waals surface area (Å²) in [7, 11) is 0. The van der Waals surface area contributed by atoms with E-state index in [1.165, 1.54) is 0 Å². The summed E-state index contributed by atoms with van der Waals surface area (Å²) in [6.07, 6.45) is 1.57. The van der Waals surface area contributed by atoms with Gasteiger partial charge in [-0.25, -0.2) is 0 Å². The van der Waals surface area contributed by atoms with Crippen LogP contribution in [0.2, 0.25) is 0 Å². The van der Waals surface area contributed by atoms with E-state index >= 15 is 0 Å². The quantitative estimate of drug-likeness (QED) is 0.761. The monoisotopic (exact) mass is 345 g/mol. The molecule has 3 rings (SSSR count). The Morgan fingerprint density at radius 1 is 1.24 bits per heavy atom. The fourth-order valence-electron chi connectivity index (χ4n) is 1.98. The van der Waals surface area contributed by atoms with Gasteiger partial charge in [-0.1, -0.05) is 30.3 Å². The molecule has 0 atom stereocenters. The highest BCUT2D eigenvalue weighted by Crippen LogP contribution is 2.32. The third-order valence-corrected chi connectivity index (χ3v) is 3.78. The molecule has 2 aromatic carbocycles. The van der Waals surface area contributed by atoms with Gasteiger partial charge in [0, 0.05) is 6.07 Å². The topological polar surface area (TPSA) is 67.0 Å². The minimum Gasteiger partial charge on any atom is -0.483 e. The Hall–Kier alpha value is -2.34. The molecule has 0 saturated carbocycles. The van der Waals surface area contributed by atoms with E-state index in [0.717, 1.165) is 15.2 Å². The highest BCUT2D eigenvalue weighted by atomic mass is 79.9. The minimum atomic E-state index is -0.251. The van der Waals surface area contributed by atoms with E-state index in [9.17, 15) is 4.79 Å². The maximum Gasteiger partial charge on any atom is 0.263 e. The Bertz CT molecular complexity index is 772. The number of fused-ring (bicyclic) bond motifs is 1. The molecule has 1 heterocycles. The van der Waals surface area contributed by atoms with E-state index in [2.05, 4.69) is 31.4 Å². The zero-order valence-electron chi connectivity index (χ0n) is 11.0. The second kappa shape index (κ2) is 5.97. The van der Waals surface area contributed by atoms with E-state index in [4.69, 9.17) is 4.74 Å². The second-order valence-electron chi connectivity index (χ2n) is 4.41. The normalized spacial score (nSPS) is 10.5. The van der Waals surface area contributed by atoms with Crippen molar-refractivity contribution < 1.29 is 9.53 Å². The van der Waals surface area contributed by atoms with Crippen molar-refractivity contribution in [3.63, 3.8) is 0 Å². The molecule has 0 aliphatic carbocycles. The first kappa shape index (κ1) is 13.6. The molecule has 6 heteroatoms. The average Bonchev–Trinajstić information content (AvgIpc) is 3.00. The molecular weight excluding hydrogens is 334 g/mol. The molecule has 0 bridgehead atoms. The van der Waals surface area contributed by atoms with Crippen molar-refractivity contribution in [1.82, 2.24) is 10.2 Å². The van der Waals surface area contributed by atoms with Gasteiger partial charge in [0.2, 0.25) is 0 Å². The number of H-pyrrole nitrogens is 1. The van der Waals surface area contributed by atoms with Crippen molar-refractivity contribution in [3.05, 3.63) is 53.1 Å². The predicted molar refractivity (Wildman–Crippen MR) is 84.4 cm³/mol. The van der Waals surface area contributed by atoms with Crippen LogP contribution in [0.25, 0.3) is 10.8 Å². The number of anilines is 1. The SMILES string of the molecule is O=C(COc1ccc2ccccc2c1Br)Nc1ccn[nH]1. The van der Waals surface area contributed by atoms with Gasteiger partial charge in [0.15, 0.2) is 6.61 Å². The summed E-state index contributed by atoms with van der Waals surface area (Å²) in [5.41, 5.74) is 0. The number of halogens is 1. The predicted octanol–water partition coefficient (Wildman–Crippen LogP) is 3.34. The number of hydrogen-bond donors (Lipinski definition) is 2. The summed E-state index contributed by atoms with van der Waals surface area (Å²) < 4.78 is 6.40. The summed E-state index contributed by atoms with van der Waals surface area (Å²) in [6.45, 7) is -0.0735. The van der Waals surface area contributed by atoms with Gasteiger partial charge in [-0.2, -0.15) is 5.10 Å². The average molecular weight is 346 g/mol. The number of rotatable bonds is 4. The van der Waals surface area contributed by atoms with Gasteiger partial charge in [-0.05, 0) is 32.8 Å². The molecule has 5 nitrogen and oxygen atoms in total. The zero-order chi connectivity index (χ0) is 14.7. The van der Waals surface area contributed by atoms with Crippen LogP contribution in [0.3, 0.4) is 0 Å². The summed E-state index contributed by atoms with van der Waals surface area (Å²) in [4.78, 5) is 11.8. The Balaban J connectivity index is 1.70. The molecule has 0 fully saturated rings. The molecule has 0 radical (unpaired) electrons. The Kier molecular flexibility index (Phi) is 3.87. The van der Waals surface area contributed by atoms with Crippen molar-refractivity contribution in [2.45, 2.75) is 0 Å². The highest BCUT2D eigenvalue weighted by molar-refractivity contribution is 9.10. The van der Waals surface area contributed by atoms with Crippen LogP contribution < -0.4 is 10.1 Å². The first-order valence-electron chi connectivity index (χ1n) is 6.33. The number of benzene rings is 2. The van der Waals surface area contributed by atoms with E-state index < -0.39 is 0 Å². The van der Waals surface area contributed by atoms with Crippen LogP contribution in [0.5, 0.6) is 5.75 Å². The van der Waals surface area contributed by atoms with Gasteiger partial charge in [0.25, 0.3) is 5.91 Å². The molecule has 2 N–H and O–H groups in total. The van der Waals surface area contributed by atoms with Crippen LogP contribution in [-0.4, -0.2) is 22.7 Å². The van der Waals surface area contributed by atoms with Crippen molar-refractivity contribution in [1.29, 1.82) is 0 Å². The Labute approximate surface area is 129 Å². The standard InChI is InChI=1S/C15H12BrN3O2/c16-15-11-4-2-1-3-10(11)5-6-12(15)21-9-14(20)18-13-7-8-17-19-13/h1-8H,9H2,(H2,17,18,19,20). The molecular formula is C15H12BrN3O2. The zero-order valence-corrected chi connectivity index (χ0v) is 12.6. The lowest BCUT2D eigenvalue weighted by molar-refractivity contribution is -0.118. The third kappa shape index (κ3) is 3.05. The van der Waals surface area contributed by atoms with Crippen LogP contribution >= 0.6 is 15.9 Å². The highest BCUT2D eigenvalue weighted by Gasteiger charge is 2.09. The number of aromatic amines is 1. The molecule has 3 aromatic rings. The summed E-state index contributed by atoms with van der Waals surface area (Å²) in [5.74, 6) is 0.925. The number of hydrogen-bond acceptors (Lipinski definition) is 3. The van der Waals surface area contributed by atoms with Gasteiger partial charge in [0.1, 0.15) is 11.6 Å². The smallest absolute Gasteiger partial charge is 0.263 e. The minimum absolute atomic E-state index is 0.0735. The molecule has 1 amide bonds. The lowest BCUT2D eigenvalue weighted by Crippen LogP contribution is -2.20. The van der Waals surface area contributed by atoms with Crippen molar-refractivity contribution in [3.8, 4) is 5.75 Å². The number of nitrogens with zero attached hydrogens (tertiary/aromatic N) is 1. The van der Waals surface area contributed by atoms with Gasteiger partial charge >= 0.3 is 0 Å². The van der Waals surface area contributed by atoms with Crippen molar-refractivity contribution in [2.24, 2.45) is 0 Å². The lowest BCUT2D eigenvalue weighted by Gasteiger charge is -2.10. The summed E-state index contributed by atoms with van der Waals surface area (Å²) in [6, 6.07) is 13.4. The summed E-state index contributed by atoms with van der Waals surface area (Å²) in [5, 5.41) is 11.2. The first-order valence-corrected chi connectivity index (χ1v) is 7.12. The molecule has 0 unspecified atom stereocenters. The fourth-order valence-corrected chi connectivity index (χ4v) is 2.59. The van der Waals surface area contributed by atoms with E-state index in [-0.39, 0.29) is 12.5 Å². The van der Waals surface area contributed by atoms with Gasteiger partial charge in [-0.15, -0.1) is 0 Å². The number of nitrogens with one attached hydrogen (secondary N) is 2. The van der Waals surface area contributed by atoms with Gasteiger partial charge in [-0.3, -0.25) is 9.89 Å². The van der Waals surface area contributed by atoms with Crippen LogP contribution in [-0.2, 0) is 4.79 Å². The van der Waals surface area contributed by atoms with Crippen LogP contribution in [0.4, 0.5) is 5.82 Å². The molecule has 1 aromatic heterocycles. The molecule has 21 heavy (non-hydrogen) atoms. The van der Waals surface area contributed by atoms with Crippen LogP contribution in [0.1, 0.15) is 0 Å². The first-order chi connectivity index (χ1) is 10.2. The van der Waals surface area contributed by atoms with E-state index in [1.807, 2.05) is 36.4 Å². The molecule has 0 aliphatic heterocycles. The molecule has 106 valence electrons. The fraction of sp³-hybridized carbons (Fsp3) is 0.0667. The van der Waals surface area contributed by atoms with E-state index in [0.29, 0.717) is 11.6 Å². The Morgan fingerprint density at radius 3 is 2.90 bits per heavy atom. The van der Waals surface area contributed by atoms with E-state index in [1.54, 1.807) is 12.3 Å². The number of aromatic nitrogens is 2. The number of carbonyl (C=O) groups is 1. The maximum absolute atomic E-state index is 11.8. The van der Waals surface area contributed by atoms with Crippen molar-refractivity contribution in [2.75, 3.05) is 11.9 Å². The van der Waals surface area contributed by atoms with Crippen LogP contribution in [0, 0.1) is 0 Å². The molecule has 0 saturated heterocycles. The molecule has 0 spiro atoms.